The summed E-state index contributed by atoms with van der Waals surface area (Å²) in [7, 11) is 0. The Morgan fingerprint density at radius 2 is 2.03 bits per heavy atom. The number of hydrogen-bond donors (Lipinski definition) is 2. The largest absolute Gasteiger partial charge is 0.379 e. The molecule has 2 fully saturated rings. The topological polar surface area (TPSA) is 60.6 Å². The number of aromatic amines is 1. The van der Waals surface area contributed by atoms with Crippen LogP contribution in [0.2, 0.25) is 0 Å². The van der Waals surface area contributed by atoms with E-state index in [1.165, 1.54) is 32.1 Å². The van der Waals surface area contributed by atoms with Crippen molar-refractivity contribution in [3.05, 3.63) is 45.7 Å². The monoisotopic (exact) mass is 442 g/mol. The van der Waals surface area contributed by atoms with Crippen molar-refractivity contribution in [1.29, 1.82) is 0 Å². The summed E-state index contributed by atoms with van der Waals surface area (Å²) in [6.07, 6.45) is 6.19. The molecule has 1 aliphatic heterocycles. The van der Waals surface area contributed by atoms with Crippen LogP contribution in [0.25, 0.3) is 10.9 Å². The Morgan fingerprint density at radius 1 is 1.26 bits per heavy atom. The number of nitrogens with zero attached hydrogens (tertiary/aromatic N) is 2. The first-order valence-corrected chi connectivity index (χ1v) is 12.0. The molecule has 2 aliphatic rings. The number of nitrogens with one attached hydrogen (secondary N) is 2. The van der Waals surface area contributed by atoms with Crippen LogP contribution in [0.1, 0.15) is 43.2 Å². The minimum absolute atomic E-state index is 0.0290. The molecule has 1 aliphatic carbocycles. The Balaban J connectivity index is 1.51. The lowest BCUT2D eigenvalue weighted by Crippen LogP contribution is -2.48. The van der Waals surface area contributed by atoms with Gasteiger partial charge in [-0.25, -0.2) is 0 Å². The van der Waals surface area contributed by atoms with Crippen molar-refractivity contribution in [3.63, 3.8) is 0 Å². The lowest BCUT2D eigenvalue weighted by atomic mass is 9.96. The average Bonchev–Trinajstić information content (AvgIpc) is 2.79. The number of thiocarbonyl (C=S) groups is 1. The fourth-order valence-electron chi connectivity index (χ4n) is 4.60. The van der Waals surface area contributed by atoms with E-state index in [2.05, 4.69) is 26.2 Å². The van der Waals surface area contributed by atoms with E-state index in [4.69, 9.17) is 17.0 Å². The van der Waals surface area contributed by atoms with E-state index in [1.807, 2.05) is 25.1 Å². The molecule has 4 rings (SSSR count). The molecule has 0 bridgehead atoms. The number of rotatable bonds is 6. The van der Waals surface area contributed by atoms with Crippen molar-refractivity contribution in [2.75, 3.05) is 39.4 Å². The Morgan fingerprint density at radius 3 is 2.81 bits per heavy atom. The van der Waals surface area contributed by atoms with Gasteiger partial charge in [0.05, 0.1) is 25.3 Å². The first kappa shape index (κ1) is 22.2. The summed E-state index contributed by atoms with van der Waals surface area (Å²) in [6.45, 7) is 7.73. The number of morpholine rings is 1. The molecule has 7 heteroatoms. The van der Waals surface area contributed by atoms with E-state index < -0.39 is 0 Å². The Labute approximate surface area is 189 Å². The first-order valence-electron chi connectivity index (χ1n) is 11.6. The Hall–Kier alpha value is -1.96. The molecule has 1 saturated carbocycles. The van der Waals surface area contributed by atoms with Crippen LogP contribution < -0.4 is 10.9 Å². The molecule has 168 valence electrons. The second-order valence-corrected chi connectivity index (χ2v) is 9.21. The fraction of sp³-hybridized carbons (Fsp3) is 0.583. The number of hydrogen-bond acceptors (Lipinski definition) is 4. The summed E-state index contributed by atoms with van der Waals surface area (Å²) >= 11 is 5.84. The molecule has 2 heterocycles. The molecule has 0 spiro atoms. The molecule has 0 atom stereocenters. The molecule has 31 heavy (non-hydrogen) atoms. The van der Waals surface area contributed by atoms with E-state index in [0.717, 1.165) is 66.5 Å². The standard InChI is InChI=1S/C24H34N4O2S/c1-18-6-5-7-19-16-20(23(29)26-22(18)19)17-28(11-10-27-12-14-30-15-13-27)24(31)25-21-8-3-2-4-9-21/h5-7,16,21H,2-4,8-15,17H2,1H3,(H,25,31)(H,26,29). The van der Waals surface area contributed by atoms with Gasteiger partial charge in [0.25, 0.3) is 5.56 Å². The average molecular weight is 443 g/mol. The van der Waals surface area contributed by atoms with Crippen molar-refractivity contribution in [1.82, 2.24) is 20.1 Å². The van der Waals surface area contributed by atoms with Crippen molar-refractivity contribution < 1.29 is 4.74 Å². The maximum absolute atomic E-state index is 12.9. The summed E-state index contributed by atoms with van der Waals surface area (Å²) < 4.78 is 5.48. The molecule has 0 radical (unpaired) electrons. The highest BCUT2D eigenvalue weighted by atomic mass is 32.1. The van der Waals surface area contributed by atoms with E-state index in [-0.39, 0.29) is 5.56 Å². The highest BCUT2D eigenvalue weighted by Gasteiger charge is 2.20. The summed E-state index contributed by atoms with van der Waals surface area (Å²) in [6, 6.07) is 8.58. The second-order valence-electron chi connectivity index (χ2n) is 8.82. The van der Waals surface area contributed by atoms with Gasteiger partial charge in [0.2, 0.25) is 0 Å². The minimum Gasteiger partial charge on any atom is -0.379 e. The van der Waals surface area contributed by atoms with Crippen molar-refractivity contribution in [3.8, 4) is 0 Å². The Bertz CT molecular complexity index is 948. The summed E-state index contributed by atoms with van der Waals surface area (Å²) in [4.78, 5) is 20.5. The zero-order chi connectivity index (χ0) is 21.6. The number of para-hydroxylation sites is 1. The van der Waals surface area contributed by atoms with Crippen LogP contribution in [0.5, 0.6) is 0 Å². The van der Waals surface area contributed by atoms with Gasteiger partial charge in [-0.1, -0.05) is 37.5 Å². The highest BCUT2D eigenvalue weighted by Crippen LogP contribution is 2.19. The van der Waals surface area contributed by atoms with Crippen LogP contribution in [0.4, 0.5) is 0 Å². The van der Waals surface area contributed by atoms with E-state index in [1.54, 1.807) is 0 Å². The molecule has 0 amide bonds. The normalized spacial score (nSPS) is 18.2. The fourth-order valence-corrected chi connectivity index (χ4v) is 4.93. The number of fused-ring (bicyclic) bond motifs is 1. The summed E-state index contributed by atoms with van der Waals surface area (Å²) in [5.41, 5.74) is 2.73. The quantitative estimate of drug-likeness (QED) is 0.670. The third-order valence-electron chi connectivity index (χ3n) is 6.54. The van der Waals surface area contributed by atoms with Gasteiger partial charge in [0.15, 0.2) is 5.11 Å². The van der Waals surface area contributed by atoms with Gasteiger partial charge in [0, 0.05) is 37.8 Å². The van der Waals surface area contributed by atoms with Crippen LogP contribution in [0, 0.1) is 6.92 Å². The molecule has 1 aromatic carbocycles. The van der Waals surface area contributed by atoms with Crippen molar-refractivity contribution in [2.45, 2.75) is 51.6 Å². The Kier molecular flexibility index (Phi) is 7.58. The number of H-pyrrole nitrogens is 1. The van der Waals surface area contributed by atoms with Crippen LogP contribution in [-0.4, -0.2) is 65.3 Å². The molecule has 1 aromatic heterocycles. The number of benzene rings is 1. The number of aromatic nitrogens is 1. The predicted molar refractivity (Wildman–Crippen MR) is 130 cm³/mol. The molecule has 0 unspecified atom stereocenters. The van der Waals surface area contributed by atoms with E-state index in [9.17, 15) is 4.79 Å². The van der Waals surface area contributed by atoms with Crippen LogP contribution in [-0.2, 0) is 11.3 Å². The van der Waals surface area contributed by atoms with Crippen LogP contribution >= 0.6 is 12.2 Å². The zero-order valence-corrected chi connectivity index (χ0v) is 19.3. The van der Waals surface area contributed by atoms with Gasteiger partial charge < -0.3 is 19.9 Å². The molecule has 6 nitrogen and oxygen atoms in total. The van der Waals surface area contributed by atoms with Gasteiger partial charge in [-0.3, -0.25) is 9.69 Å². The number of aryl methyl sites for hydroxylation is 1. The minimum atomic E-state index is -0.0290. The van der Waals surface area contributed by atoms with Gasteiger partial charge in [-0.15, -0.1) is 0 Å². The number of pyridine rings is 1. The molecule has 2 N–H and O–H groups in total. The third-order valence-corrected chi connectivity index (χ3v) is 6.91. The molecule has 2 aromatic rings. The second kappa shape index (κ2) is 10.6. The summed E-state index contributed by atoms with van der Waals surface area (Å²) in [5, 5.41) is 5.43. The zero-order valence-electron chi connectivity index (χ0n) is 18.5. The van der Waals surface area contributed by atoms with Gasteiger partial charge >= 0.3 is 0 Å². The van der Waals surface area contributed by atoms with Gasteiger partial charge in [0.1, 0.15) is 0 Å². The smallest absolute Gasteiger partial charge is 0.253 e. The first-order chi connectivity index (χ1) is 15.1. The molecular weight excluding hydrogens is 408 g/mol. The lowest BCUT2D eigenvalue weighted by Gasteiger charge is -2.33. The number of ether oxygens (including phenoxy) is 1. The maximum atomic E-state index is 12.9. The molecule has 1 saturated heterocycles. The van der Waals surface area contributed by atoms with Crippen molar-refractivity contribution >= 4 is 28.2 Å². The van der Waals surface area contributed by atoms with E-state index >= 15 is 0 Å². The summed E-state index contributed by atoms with van der Waals surface area (Å²) in [5.74, 6) is 0. The predicted octanol–water partition coefficient (Wildman–Crippen LogP) is 3.18. The van der Waals surface area contributed by atoms with Crippen molar-refractivity contribution in [2.24, 2.45) is 0 Å². The highest BCUT2D eigenvalue weighted by molar-refractivity contribution is 7.80. The SMILES string of the molecule is Cc1cccc2cc(CN(CCN3CCOCC3)C(=S)NC3CCCCC3)c(=O)[nH]c12. The van der Waals surface area contributed by atoms with Gasteiger partial charge in [-0.2, -0.15) is 0 Å². The lowest BCUT2D eigenvalue weighted by molar-refractivity contribution is 0.0356. The molecular formula is C24H34N4O2S. The maximum Gasteiger partial charge on any atom is 0.253 e. The van der Waals surface area contributed by atoms with Crippen LogP contribution in [0.3, 0.4) is 0 Å². The van der Waals surface area contributed by atoms with Gasteiger partial charge in [-0.05, 0) is 49.0 Å². The third kappa shape index (κ3) is 5.84. The van der Waals surface area contributed by atoms with Crippen LogP contribution in [0.15, 0.2) is 29.1 Å². The van der Waals surface area contributed by atoms with E-state index in [0.29, 0.717) is 12.6 Å².